The first-order chi connectivity index (χ1) is 8.49. The van der Waals surface area contributed by atoms with E-state index in [1.165, 1.54) is 6.07 Å². The van der Waals surface area contributed by atoms with Gasteiger partial charge in [0.2, 0.25) is 0 Å². The van der Waals surface area contributed by atoms with Gasteiger partial charge in [0.25, 0.3) is 0 Å². The number of carbonyl (C=O) groups excluding carboxylic acids is 1. The molecular weight excluding hydrogens is 240 g/mol. The van der Waals surface area contributed by atoms with Crippen molar-refractivity contribution in [3.63, 3.8) is 0 Å². The topological polar surface area (TPSA) is 29.5 Å². The van der Waals surface area contributed by atoms with Crippen molar-refractivity contribution < 1.29 is 18.3 Å². The van der Waals surface area contributed by atoms with Gasteiger partial charge in [0, 0.05) is 19.0 Å². The zero-order valence-corrected chi connectivity index (χ0v) is 10.3. The summed E-state index contributed by atoms with van der Waals surface area (Å²) in [6.45, 7) is 4.36. The highest BCUT2D eigenvalue weighted by molar-refractivity contribution is 5.69. The molecule has 3 nitrogen and oxygen atoms in total. The molecule has 1 saturated heterocycles. The van der Waals surface area contributed by atoms with Gasteiger partial charge in [-0.15, -0.1) is 0 Å². The van der Waals surface area contributed by atoms with E-state index in [-0.39, 0.29) is 6.04 Å². The Balaban J connectivity index is 2.12. The molecule has 1 atom stereocenters. The predicted octanol–water partition coefficient (Wildman–Crippen LogP) is 3.26. The summed E-state index contributed by atoms with van der Waals surface area (Å²) in [5.74, 6) is -1.82. The van der Waals surface area contributed by atoms with Crippen LogP contribution in [0.1, 0.15) is 31.9 Å². The smallest absolute Gasteiger partial charge is 0.410 e. The number of ether oxygens (including phenoxy) is 1. The third-order valence-corrected chi connectivity index (χ3v) is 3.05. The molecule has 18 heavy (non-hydrogen) atoms. The molecule has 98 valence electrons. The van der Waals surface area contributed by atoms with Crippen molar-refractivity contribution in [3.8, 4) is 0 Å². The predicted molar refractivity (Wildman–Crippen MR) is 62.0 cm³/mol. The molecule has 0 aliphatic carbocycles. The maximum Gasteiger partial charge on any atom is 0.410 e. The number of amides is 1. The van der Waals surface area contributed by atoms with Crippen LogP contribution in [0.5, 0.6) is 0 Å². The minimum atomic E-state index is -0.921. The third-order valence-electron chi connectivity index (χ3n) is 3.05. The second-order valence-electron chi connectivity index (χ2n) is 4.62. The maximum atomic E-state index is 13.1. The van der Waals surface area contributed by atoms with Crippen LogP contribution in [0.15, 0.2) is 18.2 Å². The number of hydrogen-bond acceptors (Lipinski definition) is 2. The summed E-state index contributed by atoms with van der Waals surface area (Å²) in [6.07, 6.45) is -0.330. The summed E-state index contributed by atoms with van der Waals surface area (Å²) in [7, 11) is 0. The first kappa shape index (κ1) is 12.8. The Hall–Kier alpha value is -1.65. The van der Waals surface area contributed by atoms with E-state index in [4.69, 9.17) is 4.74 Å². The molecule has 1 aliphatic rings. The van der Waals surface area contributed by atoms with Crippen LogP contribution < -0.4 is 0 Å². The molecule has 1 fully saturated rings. The van der Waals surface area contributed by atoms with Crippen molar-refractivity contribution in [2.75, 3.05) is 6.54 Å². The van der Waals surface area contributed by atoms with Crippen molar-refractivity contribution in [3.05, 3.63) is 35.4 Å². The molecule has 1 aromatic carbocycles. The highest BCUT2D eigenvalue weighted by Gasteiger charge is 2.29. The number of carbonyl (C=O) groups is 1. The van der Waals surface area contributed by atoms with Crippen LogP contribution in [0.25, 0.3) is 0 Å². The van der Waals surface area contributed by atoms with Crippen LogP contribution >= 0.6 is 0 Å². The first-order valence-electron chi connectivity index (χ1n) is 5.91. The van der Waals surface area contributed by atoms with E-state index in [2.05, 4.69) is 0 Å². The van der Waals surface area contributed by atoms with Crippen LogP contribution in [0.3, 0.4) is 0 Å². The van der Waals surface area contributed by atoms with Crippen LogP contribution in [0, 0.1) is 11.6 Å². The fraction of sp³-hybridized carbons (Fsp3) is 0.462. The Labute approximate surface area is 104 Å². The summed E-state index contributed by atoms with van der Waals surface area (Å²) in [6, 6.07) is 3.65. The van der Waals surface area contributed by atoms with Gasteiger partial charge in [-0.2, -0.15) is 0 Å². The Kier molecular flexibility index (Phi) is 3.50. The average molecular weight is 255 g/mol. The number of cyclic esters (lactones) is 1. The summed E-state index contributed by atoms with van der Waals surface area (Å²) in [5.41, 5.74) is 0.491. The second-order valence-corrected chi connectivity index (χ2v) is 4.62. The van der Waals surface area contributed by atoms with Gasteiger partial charge in [-0.25, -0.2) is 13.6 Å². The Morgan fingerprint density at radius 2 is 2.06 bits per heavy atom. The summed E-state index contributed by atoms with van der Waals surface area (Å²) in [4.78, 5) is 13.3. The maximum absolute atomic E-state index is 13.1. The molecule has 1 aromatic rings. The summed E-state index contributed by atoms with van der Waals surface area (Å²) in [5, 5.41) is 0. The fourth-order valence-electron chi connectivity index (χ4n) is 2.01. The molecule has 0 saturated carbocycles. The quantitative estimate of drug-likeness (QED) is 0.811. The standard InChI is InChI=1S/C13H15F2NO2/c1-8(2)16-6-5-12(18-13(16)17)9-3-4-10(14)11(15)7-9/h3-4,7-8,12H,5-6H2,1-2H3/t12-/m0/s1. The molecule has 0 bridgehead atoms. The number of rotatable bonds is 2. The molecule has 5 heteroatoms. The van der Waals surface area contributed by atoms with Crippen LogP contribution in [-0.2, 0) is 4.74 Å². The molecule has 0 spiro atoms. The van der Waals surface area contributed by atoms with Gasteiger partial charge < -0.3 is 9.64 Å². The average Bonchev–Trinajstić information content (AvgIpc) is 2.32. The highest BCUT2D eigenvalue weighted by Crippen LogP contribution is 2.28. The van der Waals surface area contributed by atoms with E-state index in [9.17, 15) is 13.6 Å². The minimum absolute atomic E-state index is 0.0726. The number of nitrogens with zero attached hydrogens (tertiary/aromatic N) is 1. The lowest BCUT2D eigenvalue weighted by molar-refractivity contribution is 0.0148. The third kappa shape index (κ3) is 2.44. The van der Waals surface area contributed by atoms with Crippen LogP contribution in [0.2, 0.25) is 0 Å². The molecule has 0 unspecified atom stereocenters. The van der Waals surface area contributed by atoms with Gasteiger partial charge >= 0.3 is 6.09 Å². The van der Waals surface area contributed by atoms with E-state index in [0.717, 1.165) is 12.1 Å². The molecule has 1 aliphatic heterocycles. The molecule has 2 rings (SSSR count). The lowest BCUT2D eigenvalue weighted by Gasteiger charge is -2.34. The largest absolute Gasteiger partial charge is 0.441 e. The zero-order valence-electron chi connectivity index (χ0n) is 10.3. The Morgan fingerprint density at radius 3 is 2.61 bits per heavy atom. The van der Waals surface area contributed by atoms with Gasteiger partial charge in [-0.05, 0) is 31.5 Å². The number of hydrogen-bond donors (Lipinski definition) is 0. The highest BCUT2D eigenvalue weighted by atomic mass is 19.2. The van der Waals surface area contributed by atoms with Crippen molar-refractivity contribution in [1.82, 2.24) is 4.90 Å². The van der Waals surface area contributed by atoms with E-state index >= 15 is 0 Å². The van der Waals surface area contributed by atoms with Crippen LogP contribution in [-0.4, -0.2) is 23.6 Å². The van der Waals surface area contributed by atoms with Crippen LogP contribution in [0.4, 0.5) is 13.6 Å². The van der Waals surface area contributed by atoms with Gasteiger partial charge in [-0.3, -0.25) is 0 Å². The van der Waals surface area contributed by atoms with Gasteiger partial charge in [-0.1, -0.05) is 6.07 Å². The normalized spacial score (nSPS) is 20.2. The Morgan fingerprint density at radius 1 is 1.33 bits per heavy atom. The van der Waals surface area contributed by atoms with Crippen molar-refractivity contribution in [1.29, 1.82) is 0 Å². The molecular formula is C13H15F2NO2. The van der Waals surface area contributed by atoms with E-state index in [1.54, 1.807) is 4.90 Å². The monoisotopic (exact) mass is 255 g/mol. The zero-order chi connectivity index (χ0) is 13.3. The van der Waals surface area contributed by atoms with Crippen molar-refractivity contribution >= 4 is 6.09 Å². The van der Waals surface area contributed by atoms with Crippen molar-refractivity contribution in [2.45, 2.75) is 32.4 Å². The second kappa shape index (κ2) is 4.92. The minimum Gasteiger partial charge on any atom is -0.441 e. The number of halogens is 2. The molecule has 1 amide bonds. The molecule has 0 radical (unpaired) electrons. The van der Waals surface area contributed by atoms with E-state index in [0.29, 0.717) is 18.5 Å². The molecule has 0 N–H and O–H groups in total. The summed E-state index contributed by atoms with van der Waals surface area (Å²) < 4.78 is 31.2. The van der Waals surface area contributed by atoms with Crippen molar-refractivity contribution in [2.24, 2.45) is 0 Å². The lowest BCUT2D eigenvalue weighted by Crippen LogP contribution is -2.43. The lowest BCUT2D eigenvalue weighted by atomic mass is 10.0. The fourth-order valence-corrected chi connectivity index (χ4v) is 2.01. The number of benzene rings is 1. The Bertz CT molecular complexity index is 462. The first-order valence-corrected chi connectivity index (χ1v) is 5.91. The van der Waals surface area contributed by atoms with Gasteiger partial charge in [0.15, 0.2) is 11.6 Å². The van der Waals surface area contributed by atoms with Gasteiger partial charge in [0.05, 0.1) is 0 Å². The SMILES string of the molecule is CC(C)N1CC[C@@H](c2ccc(F)c(F)c2)OC1=O. The summed E-state index contributed by atoms with van der Waals surface area (Å²) >= 11 is 0. The molecule has 0 aromatic heterocycles. The molecule has 1 heterocycles. The van der Waals surface area contributed by atoms with E-state index in [1.807, 2.05) is 13.8 Å². The van der Waals surface area contributed by atoms with E-state index < -0.39 is 23.8 Å². The van der Waals surface area contributed by atoms with Gasteiger partial charge in [0.1, 0.15) is 6.10 Å².